The van der Waals surface area contributed by atoms with Crippen LogP contribution in [0.2, 0.25) is 0 Å². The van der Waals surface area contributed by atoms with Crippen molar-refractivity contribution in [2.75, 3.05) is 5.32 Å². The summed E-state index contributed by atoms with van der Waals surface area (Å²) in [7, 11) is -3.34. The van der Waals surface area contributed by atoms with Gasteiger partial charge in [-0.15, -0.1) is 0 Å². The van der Waals surface area contributed by atoms with Gasteiger partial charge in [0.2, 0.25) is 5.91 Å². The number of nitro groups is 1. The SMILES string of the molecule is CC(C)S(=O)(=O)c1ccc(CC(=O)Nc2ccc([N+](=O)[O-])cc2)cc1. The maximum absolute atomic E-state index is 12.1. The molecule has 0 atom stereocenters. The fourth-order valence-electron chi connectivity index (χ4n) is 2.13. The Balaban J connectivity index is 2.02. The molecule has 0 saturated carbocycles. The Labute approximate surface area is 145 Å². The van der Waals surface area contributed by atoms with Gasteiger partial charge in [-0.1, -0.05) is 12.1 Å². The molecule has 1 amide bonds. The Bertz CT molecular complexity index is 872. The van der Waals surface area contributed by atoms with E-state index in [0.29, 0.717) is 11.3 Å². The van der Waals surface area contributed by atoms with Crippen molar-refractivity contribution in [3.8, 4) is 0 Å². The van der Waals surface area contributed by atoms with Gasteiger partial charge in [0.05, 0.1) is 21.5 Å². The molecule has 0 radical (unpaired) electrons. The molecular formula is C17H18N2O5S. The number of carbonyl (C=O) groups excluding carboxylic acids is 1. The van der Waals surface area contributed by atoms with E-state index >= 15 is 0 Å². The lowest BCUT2D eigenvalue weighted by atomic mass is 10.1. The summed E-state index contributed by atoms with van der Waals surface area (Å²) in [4.78, 5) is 22.3. The number of anilines is 1. The van der Waals surface area contributed by atoms with Crippen LogP contribution in [0.5, 0.6) is 0 Å². The number of rotatable bonds is 6. The molecule has 0 aliphatic heterocycles. The second-order valence-electron chi connectivity index (χ2n) is 5.77. The first-order valence-electron chi connectivity index (χ1n) is 7.57. The van der Waals surface area contributed by atoms with Crippen molar-refractivity contribution < 1.29 is 18.1 Å². The third-order valence-corrected chi connectivity index (χ3v) is 5.77. The van der Waals surface area contributed by atoms with Gasteiger partial charge >= 0.3 is 0 Å². The van der Waals surface area contributed by atoms with Crippen molar-refractivity contribution in [3.05, 3.63) is 64.2 Å². The number of nitrogens with zero attached hydrogens (tertiary/aromatic N) is 1. The Hall–Kier alpha value is -2.74. The minimum Gasteiger partial charge on any atom is -0.326 e. The molecule has 0 bridgehead atoms. The quantitative estimate of drug-likeness (QED) is 0.628. The van der Waals surface area contributed by atoms with Crippen molar-refractivity contribution in [3.63, 3.8) is 0 Å². The standard InChI is InChI=1S/C17H18N2O5S/c1-12(2)25(23,24)16-9-3-13(4-10-16)11-17(20)18-14-5-7-15(8-6-14)19(21)22/h3-10,12H,11H2,1-2H3,(H,18,20). The molecule has 0 fully saturated rings. The highest BCUT2D eigenvalue weighted by molar-refractivity contribution is 7.92. The maximum Gasteiger partial charge on any atom is 0.269 e. The molecule has 7 nitrogen and oxygen atoms in total. The lowest BCUT2D eigenvalue weighted by molar-refractivity contribution is -0.384. The van der Waals surface area contributed by atoms with Crippen molar-refractivity contribution in [2.45, 2.75) is 30.4 Å². The van der Waals surface area contributed by atoms with Gasteiger partial charge in [0, 0.05) is 17.8 Å². The number of benzene rings is 2. The molecule has 0 aliphatic carbocycles. The van der Waals surface area contributed by atoms with Gasteiger partial charge in [0.15, 0.2) is 9.84 Å². The van der Waals surface area contributed by atoms with E-state index in [1.54, 1.807) is 26.0 Å². The van der Waals surface area contributed by atoms with E-state index in [9.17, 15) is 23.3 Å². The third-order valence-electron chi connectivity index (χ3n) is 3.60. The molecule has 2 rings (SSSR count). The summed E-state index contributed by atoms with van der Waals surface area (Å²) in [6.45, 7) is 3.22. The molecule has 1 N–H and O–H groups in total. The largest absolute Gasteiger partial charge is 0.326 e. The molecule has 0 aliphatic rings. The molecule has 0 spiro atoms. The first-order chi connectivity index (χ1) is 11.7. The van der Waals surface area contributed by atoms with Crippen molar-refractivity contribution in [1.29, 1.82) is 0 Å². The van der Waals surface area contributed by atoms with Crippen LogP contribution >= 0.6 is 0 Å². The normalized spacial score (nSPS) is 11.3. The minimum atomic E-state index is -3.34. The number of hydrogen-bond donors (Lipinski definition) is 1. The van der Waals surface area contributed by atoms with E-state index in [4.69, 9.17) is 0 Å². The van der Waals surface area contributed by atoms with Crippen LogP contribution in [0, 0.1) is 10.1 Å². The zero-order valence-electron chi connectivity index (χ0n) is 13.8. The van der Waals surface area contributed by atoms with E-state index in [-0.39, 0.29) is 22.9 Å². The van der Waals surface area contributed by atoms with Gasteiger partial charge in [0.1, 0.15) is 0 Å². The Morgan fingerprint density at radius 1 is 1.08 bits per heavy atom. The number of hydrogen-bond acceptors (Lipinski definition) is 5. The predicted molar refractivity (Wildman–Crippen MR) is 94.2 cm³/mol. The van der Waals surface area contributed by atoms with E-state index in [0.717, 1.165) is 0 Å². The van der Waals surface area contributed by atoms with Crippen LogP contribution in [0.25, 0.3) is 0 Å². The number of amides is 1. The van der Waals surface area contributed by atoms with Gasteiger partial charge in [-0.2, -0.15) is 0 Å². The average Bonchev–Trinajstić information content (AvgIpc) is 2.55. The molecule has 8 heteroatoms. The highest BCUT2D eigenvalue weighted by atomic mass is 32.2. The van der Waals surface area contributed by atoms with Crippen LogP contribution < -0.4 is 5.32 Å². The summed E-state index contributed by atoms with van der Waals surface area (Å²) in [5.41, 5.74) is 1.07. The summed E-state index contributed by atoms with van der Waals surface area (Å²) in [5.74, 6) is -0.298. The Morgan fingerprint density at radius 3 is 2.12 bits per heavy atom. The molecule has 0 saturated heterocycles. The van der Waals surface area contributed by atoms with Gasteiger partial charge < -0.3 is 5.32 Å². The van der Waals surface area contributed by atoms with Crippen LogP contribution in [-0.2, 0) is 21.1 Å². The number of nitro benzene ring substituents is 1. The summed E-state index contributed by atoms with van der Waals surface area (Å²) in [6, 6.07) is 11.7. The van der Waals surface area contributed by atoms with E-state index in [2.05, 4.69) is 5.32 Å². The van der Waals surface area contributed by atoms with Crippen molar-refractivity contribution in [1.82, 2.24) is 0 Å². The third kappa shape index (κ3) is 4.63. The zero-order valence-corrected chi connectivity index (χ0v) is 14.6. The van der Waals surface area contributed by atoms with Gasteiger partial charge in [0.25, 0.3) is 5.69 Å². The molecule has 132 valence electrons. The van der Waals surface area contributed by atoms with Crippen LogP contribution in [0.4, 0.5) is 11.4 Å². The van der Waals surface area contributed by atoms with Crippen molar-refractivity contribution >= 4 is 27.1 Å². The second kappa shape index (κ2) is 7.43. The fourth-order valence-corrected chi connectivity index (χ4v) is 3.19. The topological polar surface area (TPSA) is 106 Å². The summed E-state index contributed by atoms with van der Waals surface area (Å²) in [5, 5.41) is 12.7. The van der Waals surface area contributed by atoms with Crippen LogP contribution in [0.1, 0.15) is 19.4 Å². The lowest BCUT2D eigenvalue weighted by Crippen LogP contribution is -2.15. The van der Waals surface area contributed by atoms with E-state index in [1.807, 2.05) is 0 Å². The second-order valence-corrected chi connectivity index (χ2v) is 8.27. The van der Waals surface area contributed by atoms with Crippen molar-refractivity contribution in [2.24, 2.45) is 0 Å². The maximum atomic E-state index is 12.1. The monoisotopic (exact) mass is 362 g/mol. The van der Waals surface area contributed by atoms with Gasteiger partial charge in [-0.3, -0.25) is 14.9 Å². The van der Waals surface area contributed by atoms with E-state index in [1.165, 1.54) is 36.4 Å². The number of non-ortho nitro benzene ring substituents is 1. The lowest BCUT2D eigenvalue weighted by Gasteiger charge is -2.09. The van der Waals surface area contributed by atoms with Gasteiger partial charge in [-0.25, -0.2) is 8.42 Å². The number of carbonyl (C=O) groups is 1. The predicted octanol–water partition coefficient (Wildman–Crippen LogP) is 2.96. The summed E-state index contributed by atoms with van der Waals surface area (Å²) in [6.07, 6.45) is 0.0684. The highest BCUT2D eigenvalue weighted by Gasteiger charge is 2.18. The van der Waals surface area contributed by atoms with Crippen LogP contribution in [0.15, 0.2) is 53.4 Å². The Morgan fingerprint density at radius 2 is 1.64 bits per heavy atom. The minimum absolute atomic E-state index is 0.0556. The van der Waals surface area contributed by atoms with Crippen LogP contribution in [-0.4, -0.2) is 24.5 Å². The number of nitrogens with one attached hydrogen (secondary N) is 1. The smallest absolute Gasteiger partial charge is 0.269 e. The highest BCUT2D eigenvalue weighted by Crippen LogP contribution is 2.18. The zero-order chi connectivity index (χ0) is 18.6. The first kappa shape index (κ1) is 18.6. The van der Waals surface area contributed by atoms with Gasteiger partial charge in [-0.05, 0) is 43.7 Å². The first-order valence-corrected chi connectivity index (χ1v) is 9.12. The van der Waals surface area contributed by atoms with E-state index < -0.39 is 20.0 Å². The summed E-state index contributed by atoms with van der Waals surface area (Å²) >= 11 is 0. The molecule has 25 heavy (non-hydrogen) atoms. The molecule has 2 aromatic rings. The molecule has 2 aromatic carbocycles. The summed E-state index contributed by atoms with van der Waals surface area (Å²) < 4.78 is 24.1. The Kier molecular flexibility index (Phi) is 5.53. The number of sulfone groups is 1. The fraction of sp³-hybridized carbons (Fsp3) is 0.235. The molecular weight excluding hydrogens is 344 g/mol. The average molecular weight is 362 g/mol. The van der Waals surface area contributed by atoms with Crippen LogP contribution in [0.3, 0.4) is 0 Å². The molecule has 0 unspecified atom stereocenters. The molecule has 0 heterocycles. The molecule has 0 aromatic heterocycles.